The van der Waals surface area contributed by atoms with Crippen molar-refractivity contribution in [2.45, 2.75) is 38.3 Å². The van der Waals surface area contributed by atoms with Crippen molar-refractivity contribution in [3.05, 3.63) is 18.2 Å². The first-order valence-corrected chi connectivity index (χ1v) is 7.37. The summed E-state index contributed by atoms with van der Waals surface area (Å²) >= 11 is 0. The molecule has 3 rings (SSSR count). The van der Waals surface area contributed by atoms with Gasteiger partial charge in [-0.15, -0.1) is 0 Å². The molecule has 0 radical (unpaired) electrons. The third kappa shape index (κ3) is 2.48. The van der Waals surface area contributed by atoms with E-state index < -0.39 is 12.0 Å². The number of H-pyrrole nitrogens is 1. The summed E-state index contributed by atoms with van der Waals surface area (Å²) in [6.07, 6.45) is 6.30. The lowest BCUT2D eigenvalue weighted by Crippen LogP contribution is -2.48. The largest absolute Gasteiger partial charge is 0.480 e. The summed E-state index contributed by atoms with van der Waals surface area (Å²) in [4.78, 5) is 32.5. The Morgan fingerprint density at radius 3 is 3.00 bits per heavy atom. The lowest BCUT2D eigenvalue weighted by Gasteiger charge is -2.26. The average molecular weight is 292 g/mol. The average Bonchev–Trinajstić information content (AvgIpc) is 3.14. The smallest absolute Gasteiger partial charge is 0.326 e. The van der Waals surface area contributed by atoms with Crippen LogP contribution in [0.25, 0.3) is 0 Å². The van der Waals surface area contributed by atoms with E-state index in [1.807, 2.05) is 6.92 Å². The van der Waals surface area contributed by atoms with E-state index >= 15 is 0 Å². The number of aromatic amines is 1. The van der Waals surface area contributed by atoms with Gasteiger partial charge >= 0.3 is 12.0 Å². The molecule has 1 aromatic rings. The molecule has 0 aromatic carbocycles. The Morgan fingerprint density at radius 2 is 2.33 bits per heavy atom. The van der Waals surface area contributed by atoms with Crippen molar-refractivity contribution in [3.8, 4) is 0 Å². The molecule has 0 spiro atoms. The maximum atomic E-state index is 12.4. The number of fused-ring (bicyclic) bond motifs is 1. The first-order chi connectivity index (χ1) is 10.1. The van der Waals surface area contributed by atoms with Crippen LogP contribution in [0.4, 0.5) is 4.79 Å². The SMILES string of the molecule is CC(NC(=O)N1CC2CCCC2C1C(=O)O)c1ncc[nH]1. The van der Waals surface area contributed by atoms with E-state index in [0.29, 0.717) is 18.3 Å². The lowest BCUT2D eigenvalue weighted by molar-refractivity contribution is -0.142. The Balaban J connectivity index is 1.70. The first kappa shape index (κ1) is 13.9. The lowest BCUT2D eigenvalue weighted by atomic mass is 9.94. The number of hydrogen-bond donors (Lipinski definition) is 3. The summed E-state index contributed by atoms with van der Waals surface area (Å²) < 4.78 is 0. The molecular formula is C14H20N4O3. The quantitative estimate of drug-likeness (QED) is 0.783. The van der Waals surface area contributed by atoms with E-state index in [2.05, 4.69) is 15.3 Å². The highest BCUT2D eigenvalue weighted by molar-refractivity contribution is 5.84. The second-order valence-corrected chi connectivity index (χ2v) is 5.94. The van der Waals surface area contributed by atoms with Crippen molar-refractivity contribution in [1.82, 2.24) is 20.2 Å². The van der Waals surface area contributed by atoms with Crippen LogP contribution in [0.3, 0.4) is 0 Å². The number of nitrogens with one attached hydrogen (secondary N) is 2. The zero-order valence-corrected chi connectivity index (χ0v) is 12.0. The number of imidazole rings is 1. The Kier molecular flexibility index (Phi) is 3.57. The minimum Gasteiger partial charge on any atom is -0.480 e. The van der Waals surface area contributed by atoms with E-state index in [4.69, 9.17) is 0 Å². The molecular weight excluding hydrogens is 272 g/mol. The molecule has 2 amide bonds. The van der Waals surface area contributed by atoms with Gasteiger partial charge in [0, 0.05) is 18.9 Å². The number of rotatable bonds is 3. The van der Waals surface area contributed by atoms with Gasteiger partial charge in [-0.2, -0.15) is 0 Å². The van der Waals surface area contributed by atoms with Gasteiger partial charge in [-0.3, -0.25) is 0 Å². The van der Waals surface area contributed by atoms with Crippen molar-refractivity contribution >= 4 is 12.0 Å². The number of amides is 2. The van der Waals surface area contributed by atoms with E-state index in [1.165, 1.54) is 4.90 Å². The molecule has 1 saturated carbocycles. The number of urea groups is 1. The first-order valence-electron chi connectivity index (χ1n) is 7.37. The second kappa shape index (κ2) is 5.38. The van der Waals surface area contributed by atoms with Gasteiger partial charge in [-0.25, -0.2) is 14.6 Å². The zero-order chi connectivity index (χ0) is 15.0. The van der Waals surface area contributed by atoms with Gasteiger partial charge in [0.05, 0.1) is 6.04 Å². The Labute approximate surface area is 122 Å². The normalized spacial score (nSPS) is 29.2. The monoisotopic (exact) mass is 292 g/mol. The van der Waals surface area contributed by atoms with Crippen LogP contribution in [-0.4, -0.2) is 44.6 Å². The number of nitrogens with zero attached hydrogens (tertiary/aromatic N) is 2. The fourth-order valence-corrected chi connectivity index (χ4v) is 3.68. The third-order valence-electron chi connectivity index (χ3n) is 4.67. The molecule has 7 nitrogen and oxygen atoms in total. The van der Waals surface area contributed by atoms with Gasteiger partial charge in [0.2, 0.25) is 0 Å². The molecule has 2 heterocycles. The number of hydrogen-bond acceptors (Lipinski definition) is 3. The zero-order valence-electron chi connectivity index (χ0n) is 12.0. The highest BCUT2D eigenvalue weighted by Crippen LogP contribution is 2.42. The molecule has 4 unspecified atom stereocenters. The number of aliphatic carboxylic acids is 1. The van der Waals surface area contributed by atoms with E-state index in [-0.39, 0.29) is 18.0 Å². The van der Waals surface area contributed by atoms with Crippen LogP contribution in [-0.2, 0) is 4.79 Å². The number of carboxylic acids is 1. The number of aromatic nitrogens is 2. The van der Waals surface area contributed by atoms with Crippen molar-refractivity contribution in [3.63, 3.8) is 0 Å². The summed E-state index contributed by atoms with van der Waals surface area (Å²) in [7, 11) is 0. The maximum Gasteiger partial charge on any atom is 0.326 e. The summed E-state index contributed by atoms with van der Waals surface area (Å²) in [5.41, 5.74) is 0. The number of carbonyl (C=O) groups excluding carboxylic acids is 1. The third-order valence-corrected chi connectivity index (χ3v) is 4.67. The van der Waals surface area contributed by atoms with Gasteiger partial charge < -0.3 is 20.3 Å². The molecule has 114 valence electrons. The molecule has 21 heavy (non-hydrogen) atoms. The van der Waals surface area contributed by atoms with Crippen LogP contribution in [0.2, 0.25) is 0 Å². The van der Waals surface area contributed by atoms with Gasteiger partial charge in [0.1, 0.15) is 11.9 Å². The topological polar surface area (TPSA) is 98.3 Å². The van der Waals surface area contributed by atoms with Crippen LogP contribution in [0.15, 0.2) is 12.4 Å². The predicted octanol–water partition coefficient (Wildman–Crippen LogP) is 1.37. The molecule has 2 aliphatic rings. The standard InChI is InChI=1S/C14H20N4O3/c1-8(12-15-5-6-16-12)17-14(21)18-7-9-3-2-4-10(9)11(18)13(19)20/h5-6,8-11H,2-4,7H2,1H3,(H,15,16)(H,17,21)(H,19,20). The fourth-order valence-electron chi connectivity index (χ4n) is 3.68. The van der Waals surface area contributed by atoms with Crippen molar-refractivity contribution in [1.29, 1.82) is 0 Å². The number of carboxylic acid groups (broad SMARTS) is 1. The molecule has 4 atom stereocenters. The van der Waals surface area contributed by atoms with Crippen LogP contribution < -0.4 is 5.32 Å². The molecule has 1 saturated heterocycles. The van der Waals surface area contributed by atoms with Crippen molar-refractivity contribution in [2.24, 2.45) is 11.8 Å². The number of likely N-dealkylation sites (tertiary alicyclic amines) is 1. The fraction of sp³-hybridized carbons (Fsp3) is 0.643. The molecule has 1 aliphatic carbocycles. The van der Waals surface area contributed by atoms with E-state index in [9.17, 15) is 14.7 Å². The Hall–Kier alpha value is -2.05. The Bertz CT molecular complexity index is 530. The number of carbonyl (C=O) groups is 2. The van der Waals surface area contributed by atoms with Crippen molar-refractivity contribution < 1.29 is 14.7 Å². The highest BCUT2D eigenvalue weighted by Gasteiger charge is 2.49. The van der Waals surface area contributed by atoms with Crippen LogP contribution >= 0.6 is 0 Å². The van der Waals surface area contributed by atoms with Gasteiger partial charge in [0.25, 0.3) is 0 Å². The van der Waals surface area contributed by atoms with Crippen LogP contribution in [0.5, 0.6) is 0 Å². The summed E-state index contributed by atoms with van der Waals surface area (Å²) in [6, 6.07) is -1.29. The summed E-state index contributed by atoms with van der Waals surface area (Å²) in [5, 5.41) is 12.3. The van der Waals surface area contributed by atoms with E-state index in [0.717, 1.165) is 19.3 Å². The van der Waals surface area contributed by atoms with Crippen LogP contribution in [0, 0.1) is 11.8 Å². The predicted molar refractivity (Wildman–Crippen MR) is 74.5 cm³/mol. The van der Waals surface area contributed by atoms with Gasteiger partial charge in [-0.1, -0.05) is 6.42 Å². The molecule has 0 bridgehead atoms. The Morgan fingerprint density at radius 1 is 1.52 bits per heavy atom. The van der Waals surface area contributed by atoms with Crippen molar-refractivity contribution in [2.75, 3.05) is 6.54 Å². The van der Waals surface area contributed by atoms with Gasteiger partial charge in [-0.05, 0) is 31.6 Å². The molecule has 7 heteroatoms. The minimum absolute atomic E-state index is 0.104. The second-order valence-electron chi connectivity index (χ2n) is 5.94. The van der Waals surface area contributed by atoms with Gasteiger partial charge in [0.15, 0.2) is 0 Å². The molecule has 2 fully saturated rings. The van der Waals surface area contributed by atoms with Crippen LogP contribution in [0.1, 0.15) is 38.1 Å². The maximum absolute atomic E-state index is 12.4. The minimum atomic E-state index is -0.898. The molecule has 3 N–H and O–H groups in total. The highest BCUT2D eigenvalue weighted by atomic mass is 16.4. The summed E-state index contributed by atoms with van der Waals surface area (Å²) in [5.74, 6) is 0.197. The van der Waals surface area contributed by atoms with E-state index in [1.54, 1.807) is 12.4 Å². The molecule has 1 aromatic heterocycles. The molecule has 1 aliphatic heterocycles. The summed E-state index contributed by atoms with van der Waals surface area (Å²) in [6.45, 7) is 2.36.